The zero-order valence-electron chi connectivity index (χ0n) is 14.2. The van der Waals surface area contributed by atoms with Crippen molar-refractivity contribution in [2.75, 3.05) is 13.7 Å². The van der Waals surface area contributed by atoms with Crippen LogP contribution in [0, 0.1) is 0 Å². The van der Waals surface area contributed by atoms with E-state index in [0.29, 0.717) is 13.0 Å². The van der Waals surface area contributed by atoms with E-state index in [-0.39, 0.29) is 18.3 Å². The van der Waals surface area contributed by atoms with Gasteiger partial charge in [0, 0.05) is 13.0 Å². The van der Waals surface area contributed by atoms with Gasteiger partial charge < -0.3 is 15.8 Å². The summed E-state index contributed by atoms with van der Waals surface area (Å²) < 4.78 is 5.23. The van der Waals surface area contributed by atoms with Gasteiger partial charge in [0.25, 0.3) is 0 Å². The second-order valence-corrected chi connectivity index (χ2v) is 5.78. The van der Waals surface area contributed by atoms with Gasteiger partial charge in [-0.2, -0.15) is 0 Å². The van der Waals surface area contributed by atoms with Crippen molar-refractivity contribution in [1.29, 1.82) is 0 Å². The third kappa shape index (κ3) is 6.38. The highest BCUT2D eigenvalue weighted by Crippen LogP contribution is 2.21. The first-order valence-corrected chi connectivity index (χ1v) is 8.26. The molecule has 0 heterocycles. The zero-order chi connectivity index (χ0) is 16.5. The van der Waals surface area contributed by atoms with Crippen LogP contribution in [0.2, 0.25) is 0 Å². The molecule has 132 valence electrons. The first-order valence-electron chi connectivity index (χ1n) is 8.26. The number of hydrogen-bond donors (Lipinski definition) is 2. The Bertz CT molecular complexity index is 646. The van der Waals surface area contributed by atoms with Crippen molar-refractivity contribution in [2.24, 2.45) is 5.73 Å². The van der Waals surface area contributed by atoms with Crippen molar-refractivity contribution in [1.82, 2.24) is 5.32 Å². The largest absolute Gasteiger partial charge is 0.497 e. The molecule has 0 aliphatic rings. The molecule has 3 N–H and O–H groups in total. The SMILES string of the molecule is COc1ccc2cc(CNC(=O)CCCCCCN)ccc2c1.Cl. The molecular formula is C19H27ClN2O2. The average molecular weight is 351 g/mol. The van der Waals surface area contributed by atoms with Gasteiger partial charge in [0.05, 0.1) is 7.11 Å². The minimum Gasteiger partial charge on any atom is -0.497 e. The van der Waals surface area contributed by atoms with Crippen molar-refractivity contribution in [3.63, 3.8) is 0 Å². The number of carbonyl (C=O) groups is 1. The molecule has 0 aliphatic heterocycles. The van der Waals surface area contributed by atoms with E-state index in [1.54, 1.807) is 7.11 Å². The Kier molecular flexibility index (Phi) is 9.20. The highest BCUT2D eigenvalue weighted by molar-refractivity contribution is 5.85. The number of amides is 1. The molecule has 0 bridgehead atoms. The number of hydrogen-bond acceptors (Lipinski definition) is 3. The van der Waals surface area contributed by atoms with E-state index < -0.39 is 0 Å². The fourth-order valence-corrected chi connectivity index (χ4v) is 2.58. The highest BCUT2D eigenvalue weighted by Gasteiger charge is 2.03. The van der Waals surface area contributed by atoms with Gasteiger partial charge in [-0.3, -0.25) is 4.79 Å². The summed E-state index contributed by atoms with van der Waals surface area (Å²) in [5.74, 6) is 0.973. The Morgan fingerprint density at radius 1 is 1.04 bits per heavy atom. The predicted molar refractivity (Wildman–Crippen MR) is 102 cm³/mol. The van der Waals surface area contributed by atoms with E-state index in [2.05, 4.69) is 17.4 Å². The number of ether oxygens (including phenoxy) is 1. The molecule has 24 heavy (non-hydrogen) atoms. The first-order chi connectivity index (χ1) is 11.2. The molecule has 0 fully saturated rings. The van der Waals surface area contributed by atoms with Crippen LogP contribution >= 0.6 is 12.4 Å². The van der Waals surface area contributed by atoms with Gasteiger partial charge in [0.15, 0.2) is 0 Å². The van der Waals surface area contributed by atoms with Gasteiger partial charge in [-0.25, -0.2) is 0 Å². The minimum atomic E-state index is 0. The molecule has 2 rings (SSSR count). The maximum Gasteiger partial charge on any atom is 0.220 e. The molecule has 2 aromatic rings. The van der Waals surface area contributed by atoms with Gasteiger partial charge >= 0.3 is 0 Å². The quantitative estimate of drug-likeness (QED) is 0.676. The van der Waals surface area contributed by atoms with Crippen LogP contribution in [0.25, 0.3) is 10.8 Å². The topological polar surface area (TPSA) is 64.3 Å². The molecule has 0 radical (unpaired) electrons. The van der Waals surface area contributed by atoms with E-state index in [4.69, 9.17) is 10.5 Å². The number of halogens is 1. The van der Waals surface area contributed by atoms with Gasteiger partial charge in [-0.1, -0.05) is 31.0 Å². The molecule has 5 heteroatoms. The molecule has 4 nitrogen and oxygen atoms in total. The minimum absolute atomic E-state index is 0. The Balaban J connectivity index is 0.00000288. The molecular weight excluding hydrogens is 324 g/mol. The maximum atomic E-state index is 11.8. The summed E-state index contributed by atoms with van der Waals surface area (Å²) >= 11 is 0. The van der Waals surface area contributed by atoms with Crippen LogP contribution in [0.5, 0.6) is 5.75 Å². The van der Waals surface area contributed by atoms with Crippen molar-refractivity contribution in [2.45, 2.75) is 38.6 Å². The van der Waals surface area contributed by atoms with Crippen LogP contribution in [0.15, 0.2) is 36.4 Å². The summed E-state index contributed by atoms with van der Waals surface area (Å²) in [7, 11) is 1.67. The van der Waals surface area contributed by atoms with Crippen molar-refractivity contribution in [3.8, 4) is 5.75 Å². The zero-order valence-corrected chi connectivity index (χ0v) is 15.0. The average Bonchev–Trinajstić information content (AvgIpc) is 2.59. The molecule has 0 atom stereocenters. The molecule has 0 aromatic heterocycles. The van der Waals surface area contributed by atoms with Crippen molar-refractivity contribution in [3.05, 3.63) is 42.0 Å². The number of methoxy groups -OCH3 is 1. The summed E-state index contributed by atoms with van der Waals surface area (Å²) in [5, 5.41) is 5.28. The van der Waals surface area contributed by atoms with Gasteiger partial charge in [0.2, 0.25) is 5.91 Å². The normalized spacial score (nSPS) is 10.2. The number of benzene rings is 2. The molecule has 2 aromatic carbocycles. The number of unbranched alkanes of at least 4 members (excludes halogenated alkanes) is 3. The fourth-order valence-electron chi connectivity index (χ4n) is 2.58. The van der Waals surface area contributed by atoms with Crippen LogP contribution in [0.3, 0.4) is 0 Å². The van der Waals surface area contributed by atoms with E-state index in [1.165, 1.54) is 0 Å². The summed E-state index contributed by atoms with van der Waals surface area (Å²) in [6.45, 7) is 1.31. The van der Waals surface area contributed by atoms with Crippen molar-refractivity contribution < 1.29 is 9.53 Å². The smallest absolute Gasteiger partial charge is 0.220 e. The molecule has 0 aliphatic carbocycles. The lowest BCUT2D eigenvalue weighted by Crippen LogP contribution is -2.22. The molecule has 0 saturated heterocycles. The Morgan fingerprint density at radius 3 is 2.50 bits per heavy atom. The second kappa shape index (κ2) is 10.9. The van der Waals surface area contributed by atoms with Crippen LogP contribution in [0.4, 0.5) is 0 Å². The van der Waals surface area contributed by atoms with Gasteiger partial charge in [-0.05, 0) is 53.9 Å². The van der Waals surface area contributed by atoms with Crippen LogP contribution in [-0.2, 0) is 11.3 Å². The first kappa shape index (κ1) is 20.3. The van der Waals surface area contributed by atoms with Crippen molar-refractivity contribution >= 4 is 29.1 Å². The molecule has 0 unspecified atom stereocenters. The standard InChI is InChI=1S/C19H26N2O2.ClH/c1-23-18-10-9-16-12-15(7-8-17(16)13-18)14-21-19(22)6-4-2-3-5-11-20;/h7-10,12-13H,2-6,11,14,20H2,1H3,(H,21,22);1H. The number of rotatable bonds is 9. The summed E-state index contributed by atoms with van der Waals surface area (Å²) in [6.07, 6.45) is 4.75. The lowest BCUT2D eigenvalue weighted by molar-refractivity contribution is -0.121. The van der Waals surface area contributed by atoms with Crippen LogP contribution < -0.4 is 15.8 Å². The van der Waals surface area contributed by atoms with Crippen LogP contribution in [-0.4, -0.2) is 19.6 Å². The highest BCUT2D eigenvalue weighted by atomic mass is 35.5. The van der Waals surface area contributed by atoms with E-state index in [9.17, 15) is 4.79 Å². The second-order valence-electron chi connectivity index (χ2n) is 5.78. The van der Waals surface area contributed by atoms with E-state index >= 15 is 0 Å². The number of fused-ring (bicyclic) bond motifs is 1. The monoisotopic (exact) mass is 350 g/mol. The summed E-state index contributed by atoms with van der Waals surface area (Å²) in [5.41, 5.74) is 6.56. The van der Waals surface area contributed by atoms with Gasteiger partial charge in [-0.15, -0.1) is 12.4 Å². The lowest BCUT2D eigenvalue weighted by atomic mass is 10.1. The number of nitrogens with one attached hydrogen (secondary N) is 1. The Morgan fingerprint density at radius 2 is 1.75 bits per heavy atom. The van der Waals surface area contributed by atoms with Gasteiger partial charge in [0.1, 0.15) is 5.75 Å². The Labute approximate surface area is 150 Å². The maximum absolute atomic E-state index is 11.8. The summed E-state index contributed by atoms with van der Waals surface area (Å²) in [6, 6.07) is 12.2. The molecule has 0 saturated carbocycles. The Hall–Kier alpha value is -1.78. The van der Waals surface area contributed by atoms with Crippen LogP contribution in [0.1, 0.15) is 37.7 Å². The lowest BCUT2D eigenvalue weighted by Gasteiger charge is -2.08. The molecule has 0 spiro atoms. The third-order valence-electron chi connectivity index (χ3n) is 3.96. The molecule has 1 amide bonds. The fraction of sp³-hybridized carbons (Fsp3) is 0.421. The van der Waals surface area contributed by atoms with E-state index in [0.717, 1.165) is 54.3 Å². The summed E-state index contributed by atoms with van der Waals surface area (Å²) in [4.78, 5) is 11.8. The number of carbonyl (C=O) groups excluding carboxylic acids is 1. The van der Waals surface area contributed by atoms with E-state index in [1.807, 2.05) is 24.3 Å². The third-order valence-corrected chi connectivity index (χ3v) is 3.96. The number of nitrogens with two attached hydrogens (primary N) is 1. The predicted octanol–water partition coefficient (Wildman–Crippen LogP) is 3.80.